The summed E-state index contributed by atoms with van der Waals surface area (Å²) < 4.78 is 58.9. The molecule has 0 spiro atoms. The highest BCUT2D eigenvalue weighted by molar-refractivity contribution is 7.94. The first-order valence-electron chi connectivity index (χ1n) is 3.82. The van der Waals surface area contributed by atoms with Crippen molar-refractivity contribution >= 4 is 26.0 Å². The van der Waals surface area contributed by atoms with Gasteiger partial charge in [0.2, 0.25) is 0 Å². The molecule has 0 amide bonds. The lowest BCUT2D eigenvalue weighted by Crippen LogP contribution is -2.32. The second-order valence-electron chi connectivity index (χ2n) is 2.78. The number of esters is 1. The molecule has 90 valence electrons. The maximum absolute atomic E-state index is 12.1. The molecule has 0 aliphatic carbocycles. The average Bonchev–Trinajstić information content (AvgIpc) is 2.11. The Labute approximate surface area is 87.6 Å². The molecule has 0 aliphatic rings. The van der Waals surface area contributed by atoms with Crippen LogP contribution in [0.15, 0.2) is 0 Å². The van der Waals surface area contributed by atoms with Crippen molar-refractivity contribution in [1.82, 2.24) is 0 Å². The van der Waals surface area contributed by atoms with Gasteiger partial charge in [-0.2, -0.15) is 8.42 Å². The number of hydrogen-bond donors (Lipinski definition) is 0. The molecule has 0 aromatic carbocycles. The van der Waals surface area contributed by atoms with Gasteiger partial charge >= 0.3 is 16.2 Å². The fourth-order valence-electron chi connectivity index (χ4n) is 0.705. The molecule has 0 heterocycles. The summed E-state index contributed by atoms with van der Waals surface area (Å²) >= 11 is 0. The van der Waals surface area contributed by atoms with Gasteiger partial charge in [0.15, 0.2) is 15.1 Å². The average molecular weight is 262 g/mol. The summed E-state index contributed by atoms with van der Waals surface area (Å²) in [4.78, 5) is 10.8. The van der Waals surface area contributed by atoms with Gasteiger partial charge in [-0.3, -0.25) is 4.79 Å². The predicted molar refractivity (Wildman–Crippen MR) is 50.2 cm³/mol. The molecule has 9 heteroatoms. The zero-order chi connectivity index (χ0) is 12.3. The van der Waals surface area contributed by atoms with Crippen LogP contribution >= 0.6 is 0 Å². The van der Waals surface area contributed by atoms with E-state index in [2.05, 4.69) is 4.74 Å². The maximum Gasteiger partial charge on any atom is 0.323 e. The van der Waals surface area contributed by atoms with Gasteiger partial charge in [-0.25, -0.2) is 8.42 Å². The normalized spacial score (nSPS) is 14.6. The molecule has 0 radical (unpaired) electrons. The molecule has 0 N–H and O–H groups in total. The third kappa shape index (κ3) is 5.07. The quantitative estimate of drug-likeness (QED) is 0.478. The monoisotopic (exact) mass is 262 g/mol. The molecule has 0 aromatic rings. The van der Waals surface area contributed by atoms with Crippen LogP contribution in [0.25, 0.3) is 0 Å². The summed E-state index contributed by atoms with van der Waals surface area (Å²) in [7, 11) is -7.85. The predicted octanol–water partition coefficient (Wildman–Crippen LogP) is -0.738. The first kappa shape index (κ1) is 14.3. The van der Waals surface area contributed by atoms with Crippen LogP contribution in [0.5, 0.6) is 0 Å². The van der Waals surface area contributed by atoms with E-state index in [9.17, 15) is 25.5 Å². The van der Waals surface area contributed by atoms with Crippen molar-refractivity contribution in [1.29, 1.82) is 0 Å². The van der Waals surface area contributed by atoms with Gasteiger partial charge in [0.05, 0.1) is 18.6 Å². The van der Waals surface area contributed by atoms with Gasteiger partial charge in [0.1, 0.15) is 0 Å². The van der Waals surface area contributed by atoms with Crippen molar-refractivity contribution in [3.8, 4) is 0 Å². The van der Waals surface area contributed by atoms with Crippen LogP contribution in [0.4, 0.5) is 3.89 Å². The molecule has 0 aromatic heterocycles. The lowest BCUT2D eigenvalue weighted by Gasteiger charge is -2.09. The zero-order valence-corrected chi connectivity index (χ0v) is 9.77. The summed E-state index contributed by atoms with van der Waals surface area (Å²) in [5, 5.41) is -1.50. The molecule has 0 fully saturated rings. The first-order valence-corrected chi connectivity index (χ1v) is 7.08. The Bertz CT molecular complexity index is 423. The van der Waals surface area contributed by atoms with Gasteiger partial charge < -0.3 is 4.74 Å². The number of ether oxygens (including phenoxy) is 1. The van der Waals surface area contributed by atoms with Gasteiger partial charge in [-0.1, -0.05) is 0 Å². The lowest BCUT2D eigenvalue weighted by molar-refractivity contribution is -0.139. The molecule has 6 nitrogen and oxygen atoms in total. The fourth-order valence-corrected chi connectivity index (χ4v) is 3.17. The zero-order valence-electron chi connectivity index (χ0n) is 8.14. The standard InChI is InChI=1S/C6H11FO6S2/c1-5(6(8)13-2)14(9,10)3-4-15(7,11)12/h5H,3-4H2,1-2H3. The maximum atomic E-state index is 12.1. The molecule has 15 heavy (non-hydrogen) atoms. The van der Waals surface area contributed by atoms with Gasteiger partial charge in [0.25, 0.3) is 0 Å². The summed E-state index contributed by atoms with van der Waals surface area (Å²) in [6.07, 6.45) is 0. The number of rotatable bonds is 5. The summed E-state index contributed by atoms with van der Waals surface area (Å²) in [5.74, 6) is -3.11. The van der Waals surface area contributed by atoms with Gasteiger partial charge in [-0.15, -0.1) is 3.89 Å². The topological polar surface area (TPSA) is 94.6 Å². The van der Waals surface area contributed by atoms with Crippen molar-refractivity contribution in [2.45, 2.75) is 12.2 Å². The fraction of sp³-hybridized carbons (Fsp3) is 0.833. The van der Waals surface area contributed by atoms with Gasteiger partial charge in [0, 0.05) is 0 Å². The second-order valence-corrected chi connectivity index (χ2v) is 6.70. The number of carbonyl (C=O) groups excluding carboxylic acids is 1. The van der Waals surface area contributed by atoms with Crippen molar-refractivity contribution in [3.63, 3.8) is 0 Å². The van der Waals surface area contributed by atoms with E-state index in [1.165, 1.54) is 0 Å². The molecule has 0 saturated heterocycles. The Hall–Kier alpha value is -0.700. The number of hydrogen-bond acceptors (Lipinski definition) is 6. The summed E-state index contributed by atoms with van der Waals surface area (Å²) in [5.41, 5.74) is 0. The van der Waals surface area contributed by atoms with Crippen molar-refractivity contribution < 1.29 is 30.3 Å². The van der Waals surface area contributed by atoms with Crippen molar-refractivity contribution in [3.05, 3.63) is 0 Å². The van der Waals surface area contributed by atoms with Crippen molar-refractivity contribution in [2.24, 2.45) is 0 Å². The third-order valence-electron chi connectivity index (χ3n) is 1.68. The van der Waals surface area contributed by atoms with E-state index in [4.69, 9.17) is 0 Å². The Morgan fingerprint density at radius 3 is 2.07 bits per heavy atom. The number of halogens is 1. The molecule has 0 aliphatic heterocycles. The van der Waals surface area contributed by atoms with Crippen LogP contribution < -0.4 is 0 Å². The molecular weight excluding hydrogens is 251 g/mol. The molecule has 1 unspecified atom stereocenters. The smallest absolute Gasteiger partial charge is 0.323 e. The van der Waals surface area contributed by atoms with Gasteiger partial charge in [-0.05, 0) is 6.92 Å². The highest BCUT2D eigenvalue weighted by Crippen LogP contribution is 2.05. The lowest BCUT2D eigenvalue weighted by atomic mass is 10.5. The highest BCUT2D eigenvalue weighted by atomic mass is 32.3. The largest absolute Gasteiger partial charge is 0.468 e. The van der Waals surface area contributed by atoms with Crippen LogP contribution in [0.3, 0.4) is 0 Å². The van der Waals surface area contributed by atoms with Crippen LogP contribution in [-0.2, 0) is 29.6 Å². The van der Waals surface area contributed by atoms with Crippen LogP contribution in [0.2, 0.25) is 0 Å². The third-order valence-corrected chi connectivity index (χ3v) is 4.68. The summed E-state index contributed by atoms with van der Waals surface area (Å²) in [6.45, 7) is 1.05. The highest BCUT2D eigenvalue weighted by Gasteiger charge is 2.30. The molecule has 0 saturated carbocycles. The Morgan fingerprint density at radius 1 is 1.27 bits per heavy atom. The molecule has 0 rings (SSSR count). The first-order chi connectivity index (χ1) is 6.60. The van der Waals surface area contributed by atoms with E-state index in [1.54, 1.807) is 0 Å². The van der Waals surface area contributed by atoms with Crippen LogP contribution in [0.1, 0.15) is 6.92 Å². The molecule has 0 bridgehead atoms. The van der Waals surface area contributed by atoms with E-state index in [0.29, 0.717) is 0 Å². The number of carbonyl (C=O) groups is 1. The molecular formula is C6H11FO6S2. The number of sulfone groups is 1. The van der Waals surface area contributed by atoms with E-state index < -0.39 is 42.8 Å². The SMILES string of the molecule is COC(=O)C(C)S(=O)(=O)CCS(=O)(=O)F. The minimum Gasteiger partial charge on any atom is -0.468 e. The summed E-state index contributed by atoms with van der Waals surface area (Å²) in [6, 6.07) is 0. The minimum atomic E-state index is -4.85. The van der Waals surface area contributed by atoms with E-state index >= 15 is 0 Å². The van der Waals surface area contributed by atoms with E-state index in [0.717, 1.165) is 14.0 Å². The Kier molecular flexibility index (Phi) is 4.65. The van der Waals surface area contributed by atoms with Crippen LogP contribution in [0, 0.1) is 0 Å². The Morgan fingerprint density at radius 2 is 1.73 bits per heavy atom. The minimum absolute atomic E-state index is 0.942. The van der Waals surface area contributed by atoms with Crippen LogP contribution in [-0.4, -0.2) is 46.7 Å². The second kappa shape index (κ2) is 4.88. The number of methoxy groups -OCH3 is 1. The van der Waals surface area contributed by atoms with Crippen molar-refractivity contribution in [2.75, 3.05) is 18.6 Å². The molecule has 1 atom stereocenters. The van der Waals surface area contributed by atoms with E-state index in [-0.39, 0.29) is 0 Å². The Balaban J connectivity index is 4.65. The van der Waals surface area contributed by atoms with E-state index in [1.807, 2.05) is 0 Å².